The van der Waals surface area contributed by atoms with Crippen LogP contribution in [-0.2, 0) is 0 Å². The summed E-state index contributed by atoms with van der Waals surface area (Å²) in [6, 6.07) is 57.7. The maximum Gasteiger partial charge on any atom is 0.209 e. The Hall–Kier alpha value is -6.85. The number of furan rings is 1. The maximum absolute atomic E-state index is 6.75. The zero-order chi connectivity index (χ0) is 33.5. The van der Waals surface area contributed by atoms with Gasteiger partial charge in [0.1, 0.15) is 11.2 Å². The first-order valence-electron chi connectivity index (χ1n) is 17.3. The summed E-state index contributed by atoms with van der Waals surface area (Å²) in [6.45, 7) is 0. The Morgan fingerprint density at radius 1 is 0.510 bits per heavy atom. The van der Waals surface area contributed by atoms with Gasteiger partial charge in [-0.15, -0.1) is 0 Å². The van der Waals surface area contributed by atoms with Crippen molar-refractivity contribution in [3.8, 4) is 5.69 Å². The molecule has 1 N–H and O–H groups in total. The normalized spacial score (nSPS) is 14.9. The molecule has 0 fully saturated rings. The molecule has 0 saturated carbocycles. The largest absolute Gasteiger partial charge is 0.455 e. The van der Waals surface area contributed by atoms with Gasteiger partial charge in [0.2, 0.25) is 5.96 Å². The zero-order valence-electron chi connectivity index (χ0n) is 27.5. The fourth-order valence-corrected chi connectivity index (χ4v) is 8.07. The molecular formula is C46H30N4O. The monoisotopic (exact) mass is 654 g/mol. The lowest BCUT2D eigenvalue weighted by Crippen LogP contribution is -2.35. The lowest BCUT2D eigenvalue weighted by Gasteiger charge is -2.25. The van der Waals surface area contributed by atoms with Crippen LogP contribution in [0.4, 0.5) is 0 Å². The average Bonchev–Trinajstić information content (AvgIpc) is 3.85. The van der Waals surface area contributed by atoms with Crippen LogP contribution in [0.2, 0.25) is 0 Å². The third-order valence-corrected chi connectivity index (χ3v) is 10.4. The molecule has 5 nitrogen and oxygen atoms in total. The molecule has 240 valence electrons. The number of aliphatic imine (C=N–C) groups is 1. The number of hydrogen-bond donors (Lipinski definition) is 1. The highest BCUT2D eigenvalue weighted by molar-refractivity contribution is 6.28. The van der Waals surface area contributed by atoms with E-state index in [2.05, 4.69) is 172 Å². The van der Waals surface area contributed by atoms with Gasteiger partial charge in [-0.2, -0.15) is 0 Å². The van der Waals surface area contributed by atoms with Crippen molar-refractivity contribution < 1.29 is 4.42 Å². The van der Waals surface area contributed by atoms with E-state index in [1.807, 2.05) is 12.1 Å². The van der Waals surface area contributed by atoms with E-state index in [-0.39, 0.29) is 6.04 Å². The van der Waals surface area contributed by atoms with Crippen LogP contribution >= 0.6 is 0 Å². The molecule has 0 bridgehead atoms. The van der Waals surface area contributed by atoms with Gasteiger partial charge < -0.3 is 14.3 Å². The topological polar surface area (TPSA) is 47.4 Å². The van der Waals surface area contributed by atoms with E-state index in [1.54, 1.807) is 0 Å². The third kappa shape index (κ3) is 4.18. The van der Waals surface area contributed by atoms with Crippen molar-refractivity contribution in [3.63, 3.8) is 0 Å². The number of benzene rings is 7. The highest BCUT2D eigenvalue weighted by atomic mass is 16.3. The molecule has 4 heterocycles. The molecule has 3 aromatic heterocycles. The molecule has 11 rings (SSSR count). The van der Waals surface area contributed by atoms with Crippen LogP contribution in [-0.4, -0.2) is 15.1 Å². The van der Waals surface area contributed by atoms with Crippen molar-refractivity contribution >= 4 is 77.2 Å². The number of fused-ring (bicyclic) bond motifs is 10. The number of para-hydroxylation sites is 3. The maximum atomic E-state index is 6.75. The van der Waals surface area contributed by atoms with Gasteiger partial charge in [-0.05, 0) is 60.2 Å². The van der Waals surface area contributed by atoms with Crippen molar-refractivity contribution in [1.29, 1.82) is 0 Å². The molecule has 0 saturated heterocycles. The highest BCUT2D eigenvalue weighted by Gasteiger charge is 2.26. The summed E-state index contributed by atoms with van der Waals surface area (Å²) in [5.41, 5.74) is 10.5. The minimum atomic E-state index is -0.0833. The lowest BCUT2D eigenvalue weighted by molar-refractivity contribution is 0.673. The summed E-state index contributed by atoms with van der Waals surface area (Å²) in [5, 5.41) is 10.6. The Morgan fingerprint density at radius 2 is 1.18 bits per heavy atom. The third-order valence-electron chi connectivity index (χ3n) is 10.4. The first kappa shape index (κ1) is 28.0. The summed E-state index contributed by atoms with van der Waals surface area (Å²) >= 11 is 0. The van der Waals surface area contributed by atoms with Crippen molar-refractivity contribution in [2.75, 3.05) is 0 Å². The number of nitrogens with one attached hydrogen (secondary N) is 1. The van der Waals surface area contributed by atoms with Gasteiger partial charge in [-0.1, -0.05) is 115 Å². The van der Waals surface area contributed by atoms with Crippen LogP contribution in [0.5, 0.6) is 0 Å². The molecule has 0 aliphatic carbocycles. The molecule has 0 radical (unpaired) electrons. The Bertz CT molecular complexity index is 3040. The van der Waals surface area contributed by atoms with E-state index in [0.29, 0.717) is 0 Å². The SMILES string of the molecule is C1=C(c2ccccc2)N=C(n2c3cc4c5ccccc5n(-c5ccccc5)c4cc3c3c4oc5ccccc5c4ccc32)NC1c1ccccc1. The molecule has 1 unspecified atom stereocenters. The van der Waals surface area contributed by atoms with Crippen LogP contribution in [0, 0.1) is 0 Å². The molecule has 5 heteroatoms. The molecule has 1 aliphatic heterocycles. The van der Waals surface area contributed by atoms with Crippen molar-refractivity contribution in [3.05, 3.63) is 181 Å². The average molecular weight is 655 g/mol. The van der Waals surface area contributed by atoms with Crippen LogP contribution in [0.3, 0.4) is 0 Å². The van der Waals surface area contributed by atoms with Gasteiger partial charge >= 0.3 is 0 Å². The quantitative estimate of drug-likeness (QED) is 0.206. The Morgan fingerprint density at radius 3 is 2.00 bits per heavy atom. The van der Waals surface area contributed by atoms with Crippen LogP contribution in [0.25, 0.3) is 76.9 Å². The first-order chi connectivity index (χ1) is 25.3. The molecular weight excluding hydrogens is 625 g/mol. The van der Waals surface area contributed by atoms with Gasteiger partial charge in [-0.3, -0.25) is 4.57 Å². The first-order valence-corrected chi connectivity index (χ1v) is 17.3. The minimum absolute atomic E-state index is 0.0833. The Balaban J connectivity index is 1.28. The predicted octanol–water partition coefficient (Wildman–Crippen LogP) is 11.4. The van der Waals surface area contributed by atoms with E-state index in [1.165, 1.54) is 21.9 Å². The zero-order valence-corrected chi connectivity index (χ0v) is 27.5. The van der Waals surface area contributed by atoms with Crippen LogP contribution in [0.1, 0.15) is 17.2 Å². The van der Waals surface area contributed by atoms with E-state index >= 15 is 0 Å². The van der Waals surface area contributed by atoms with E-state index in [0.717, 1.165) is 72.2 Å². The van der Waals surface area contributed by atoms with Gasteiger partial charge in [0, 0.05) is 38.2 Å². The lowest BCUT2D eigenvalue weighted by atomic mass is 10.0. The number of aromatic nitrogens is 2. The second-order valence-corrected chi connectivity index (χ2v) is 13.2. The molecule has 1 atom stereocenters. The van der Waals surface area contributed by atoms with Gasteiger partial charge in [0.05, 0.1) is 39.2 Å². The summed E-state index contributed by atoms with van der Waals surface area (Å²) in [7, 11) is 0. The fraction of sp³-hybridized carbons (Fsp3) is 0.0217. The molecule has 7 aromatic carbocycles. The summed E-state index contributed by atoms with van der Waals surface area (Å²) in [5.74, 6) is 0.770. The molecule has 10 aromatic rings. The van der Waals surface area contributed by atoms with E-state index in [4.69, 9.17) is 9.41 Å². The molecule has 1 aliphatic rings. The van der Waals surface area contributed by atoms with Crippen LogP contribution in [0.15, 0.2) is 179 Å². The number of nitrogens with zero attached hydrogens (tertiary/aromatic N) is 3. The van der Waals surface area contributed by atoms with Gasteiger partial charge in [-0.25, -0.2) is 4.99 Å². The standard InChI is InChI=1S/C46H30N4O/c1-4-14-29(15-5-1)37-28-38(30-16-6-2-7-17-30)48-46(47-37)50-40-25-24-34-33-21-11-13-23-43(33)51-45(34)44(40)36-27-41-35(26-42(36)50)32-20-10-12-22-39(32)49(41)31-18-8-3-9-19-31/h1-28,37H,(H,47,48). The molecule has 0 amide bonds. The second-order valence-electron chi connectivity index (χ2n) is 13.2. The molecule has 51 heavy (non-hydrogen) atoms. The Kier molecular flexibility index (Phi) is 5.95. The van der Waals surface area contributed by atoms with Crippen LogP contribution < -0.4 is 5.32 Å². The molecule has 0 spiro atoms. The predicted molar refractivity (Wildman–Crippen MR) is 211 cm³/mol. The highest BCUT2D eigenvalue weighted by Crippen LogP contribution is 2.43. The Labute approximate surface area is 293 Å². The van der Waals surface area contributed by atoms with Gasteiger partial charge in [0.25, 0.3) is 0 Å². The number of rotatable bonds is 3. The van der Waals surface area contributed by atoms with Gasteiger partial charge in [0.15, 0.2) is 0 Å². The summed E-state index contributed by atoms with van der Waals surface area (Å²) in [6.07, 6.45) is 2.23. The van der Waals surface area contributed by atoms with Crippen molar-refractivity contribution in [2.45, 2.75) is 6.04 Å². The fourth-order valence-electron chi connectivity index (χ4n) is 8.07. The van der Waals surface area contributed by atoms with E-state index in [9.17, 15) is 0 Å². The van der Waals surface area contributed by atoms with Crippen molar-refractivity contribution in [2.24, 2.45) is 4.99 Å². The minimum Gasteiger partial charge on any atom is -0.455 e. The van der Waals surface area contributed by atoms with E-state index < -0.39 is 0 Å². The number of hydrogen-bond acceptors (Lipinski definition) is 3. The summed E-state index contributed by atoms with van der Waals surface area (Å²) < 4.78 is 11.4. The summed E-state index contributed by atoms with van der Waals surface area (Å²) in [4.78, 5) is 5.38. The van der Waals surface area contributed by atoms with Crippen molar-refractivity contribution in [1.82, 2.24) is 14.5 Å². The second kappa shape index (κ2) is 10.8. The smallest absolute Gasteiger partial charge is 0.209 e.